The van der Waals surface area contributed by atoms with E-state index in [9.17, 15) is 18.0 Å². The lowest BCUT2D eigenvalue weighted by Crippen LogP contribution is -2.36. The minimum Gasteiger partial charge on any atom is -0.481 e. The van der Waals surface area contributed by atoms with Crippen molar-refractivity contribution >= 4 is 49.4 Å². The highest BCUT2D eigenvalue weighted by atomic mass is 79.9. The summed E-state index contributed by atoms with van der Waals surface area (Å²) in [6.45, 7) is 3.62. The molecule has 2 nitrogen and oxygen atoms in total. The maximum atomic E-state index is 12.6. The molecule has 0 radical (unpaired) electrons. The fourth-order valence-electron chi connectivity index (χ4n) is 2.43. The van der Waals surface area contributed by atoms with Crippen LogP contribution in [0.4, 0.5) is 13.2 Å². The van der Waals surface area contributed by atoms with E-state index in [-0.39, 0.29) is 17.8 Å². The number of alkyl halides is 6. The second kappa shape index (κ2) is 5.37. The van der Waals surface area contributed by atoms with Gasteiger partial charge < -0.3 is 5.11 Å². The summed E-state index contributed by atoms with van der Waals surface area (Å²) in [5.41, 5.74) is -0.378. The summed E-state index contributed by atoms with van der Waals surface area (Å²) < 4.78 is 35.3. The first-order chi connectivity index (χ1) is 8.30. The Morgan fingerprint density at radius 3 is 2.26 bits per heavy atom. The van der Waals surface area contributed by atoms with E-state index in [1.165, 1.54) is 0 Å². The Labute approximate surface area is 131 Å². The average molecular weight is 430 g/mol. The zero-order valence-corrected chi connectivity index (χ0v) is 14.2. The molecule has 0 aromatic heterocycles. The van der Waals surface area contributed by atoms with Crippen molar-refractivity contribution in [3.63, 3.8) is 0 Å². The van der Waals surface area contributed by atoms with Gasteiger partial charge in [0, 0.05) is 4.83 Å². The number of hydrogen-bond acceptors (Lipinski definition) is 1. The number of halogens is 6. The first-order valence-corrected chi connectivity index (χ1v) is 7.71. The van der Waals surface area contributed by atoms with Crippen LogP contribution in [0.3, 0.4) is 0 Å². The summed E-state index contributed by atoms with van der Waals surface area (Å²) in [6, 6.07) is 0. The first-order valence-electron chi connectivity index (χ1n) is 5.62. The molecule has 4 unspecified atom stereocenters. The molecule has 8 heteroatoms. The molecule has 0 amide bonds. The minimum absolute atomic E-state index is 0.137. The predicted octanol–water partition coefficient (Wildman–Crippen LogP) is 4.78. The predicted molar refractivity (Wildman–Crippen MR) is 73.9 cm³/mol. The van der Waals surface area contributed by atoms with Crippen molar-refractivity contribution in [3.05, 3.63) is 0 Å². The molecule has 0 bridgehead atoms. The lowest BCUT2D eigenvalue weighted by Gasteiger charge is -2.25. The third kappa shape index (κ3) is 3.79. The Bertz CT molecular complexity index is 371. The minimum atomic E-state index is -4.56. The van der Waals surface area contributed by atoms with E-state index < -0.39 is 26.7 Å². The molecule has 1 fully saturated rings. The highest BCUT2D eigenvalue weighted by Gasteiger charge is 2.62. The zero-order chi connectivity index (χ0) is 15.2. The molecular weight excluding hydrogens is 416 g/mol. The average Bonchev–Trinajstić information content (AvgIpc) is 2.64. The second-order valence-electron chi connectivity index (χ2n) is 5.48. The standard InChI is InChI=1S/C11H14Br2ClF3O2/c1-9(2)6(7(9)8(18)19)3-5(12)4-10(13,14)11(15,16)17/h5-7H,3-4H2,1-2H3,(H,18,19). The Morgan fingerprint density at radius 1 is 1.47 bits per heavy atom. The number of carboxylic acids is 1. The van der Waals surface area contributed by atoms with Crippen LogP contribution in [0.15, 0.2) is 0 Å². The molecule has 0 aromatic carbocycles. The van der Waals surface area contributed by atoms with Crippen molar-refractivity contribution in [2.24, 2.45) is 17.3 Å². The molecule has 19 heavy (non-hydrogen) atoms. The maximum absolute atomic E-state index is 12.6. The van der Waals surface area contributed by atoms with E-state index in [1.807, 2.05) is 13.8 Å². The first kappa shape index (κ1) is 17.6. The summed E-state index contributed by atoms with van der Waals surface area (Å²) in [7, 11) is 0. The maximum Gasteiger partial charge on any atom is 0.417 e. The van der Waals surface area contributed by atoms with Crippen molar-refractivity contribution in [1.29, 1.82) is 0 Å². The molecule has 0 spiro atoms. The van der Waals surface area contributed by atoms with Crippen LogP contribution >= 0.6 is 43.5 Å². The summed E-state index contributed by atoms with van der Waals surface area (Å²) >= 11 is 11.1. The number of carboxylic acid groups (broad SMARTS) is 1. The van der Waals surface area contributed by atoms with Crippen LogP contribution in [-0.2, 0) is 4.79 Å². The van der Waals surface area contributed by atoms with Crippen molar-refractivity contribution in [2.45, 2.75) is 41.5 Å². The molecule has 0 aliphatic heterocycles. The Hall–Kier alpha value is 0.510. The van der Waals surface area contributed by atoms with E-state index in [4.69, 9.17) is 16.7 Å². The molecule has 1 saturated carbocycles. The highest BCUT2D eigenvalue weighted by Crippen LogP contribution is 2.61. The van der Waals surface area contributed by atoms with E-state index in [0.29, 0.717) is 6.42 Å². The van der Waals surface area contributed by atoms with Crippen molar-refractivity contribution < 1.29 is 23.1 Å². The van der Waals surface area contributed by atoms with Gasteiger partial charge >= 0.3 is 12.1 Å². The fraction of sp³-hybridized carbons (Fsp3) is 0.909. The molecule has 1 N–H and O–H groups in total. The topological polar surface area (TPSA) is 37.3 Å². The van der Waals surface area contributed by atoms with Crippen LogP contribution in [0.25, 0.3) is 0 Å². The van der Waals surface area contributed by atoms with Gasteiger partial charge in [0.25, 0.3) is 0 Å². The number of carbonyl (C=O) groups is 1. The van der Waals surface area contributed by atoms with Gasteiger partial charge in [0.15, 0.2) is 3.78 Å². The lowest BCUT2D eigenvalue weighted by molar-refractivity contribution is -0.140. The van der Waals surface area contributed by atoms with Crippen molar-refractivity contribution in [2.75, 3.05) is 0 Å². The number of rotatable bonds is 5. The Balaban J connectivity index is 2.59. The third-order valence-corrected chi connectivity index (χ3v) is 5.56. The van der Waals surface area contributed by atoms with Crippen LogP contribution in [0.2, 0.25) is 0 Å². The van der Waals surface area contributed by atoms with Gasteiger partial charge in [-0.15, -0.1) is 0 Å². The number of hydrogen-bond donors (Lipinski definition) is 1. The van der Waals surface area contributed by atoms with Gasteiger partial charge in [0.2, 0.25) is 0 Å². The smallest absolute Gasteiger partial charge is 0.417 e. The van der Waals surface area contributed by atoms with Crippen LogP contribution in [-0.4, -0.2) is 25.9 Å². The highest BCUT2D eigenvalue weighted by molar-refractivity contribution is 9.10. The van der Waals surface area contributed by atoms with Gasteiger partial charge in [-0.1, -0.05) is 57.3 Å². The molecule has 1 rings (SSSR count). The van der Waals surface area contributed by atoms with E-state index >= 15 is 0 Å². The van der Waals surface area contributed by atoms with Crippen molar-refractivity contribution in [1.82, 2.24) is 0 Å². The van der Waals surface area contributed by atoms with Gasteiger partial charge in [0.05, 0.1) is 5.92 Å². The van der Waals surface area contributed by atoms with Gasteiger partial charge in [-0.3, -0.25) is 4.79 Å². The normalized spacial score (nSPS) is 30.5. The summed E-state index contributed by atoms with van der Waals surface area (Å²) in [4.78, 5) is 10.5. The van der Waals surface area contributed by atoms with Gasteiger partial charge in [-0.25, -0.2) is 0 Å². The largest absolute Gasteiger partial charge is 0.481 e. The Morgan fingerprint density at radius 2 is 1.95 bits per heavy atom. The number of aliphatic carboxylic acids is 1. The summed E-state index contributed by atoms with van der Waals surface area (Å²) in [5.74, 6) is -1.54. The molecular formula is C11H14Br2ClF3O2. The lowest BCUT2D eigenvalue weighted by atomic mass is 10.0. The molecule has 1 aliphatic carbocycles. The van der Waals surface area contributed by atoms with Crippen LogP contribution < -0.4 is 0 Å². The molecule has 1 aliphatic rings. The molecule has 0 aromatic rings. The second-order valence-corrected chi connectivity index (χ2v) is 9.23. The van der Waals surface area contributed by atoms with Crippen LogP contribution in [0.1, 0.15) is 26.7 Å². The molecule has 0 heterocycles. The molecule has 0 saturated heterocycles. The fourth-order valence-corrected chi connectivity index (χ4v) is 4.51. The van der Waals surface area contributed by atoms with E-state index in [0.717, 1.165) is 0 Å². The van der Waals surface area contributed by atoms with Gasteiger partial charge in [0.1, 0.15) is 0 Å². The van der Waals surface area contributed by atoms with Crippen molar-refractivity contribution in [3.8, 4) is 0 Å². The summed E-state index contributed by atoms with van der Waals surface area (Å²) in [6.07, 6.45) is -4.58. The Kier molecular flexibility index (Phi) is 4.96. The van der Waals surface area contributed by atoms with E-state index in [1.54, 1.807) is 0 Å². The zero-order valence-electron chi connectivity index (χ0n) is 10.3. The van der Waals surface area contributed by atoms with Gasteiger partial charge in [-0.2, -0.15) is 13.2 Å². The quantitative estimate of drug-likeness (QED) is 0.638. The van der Waals surface area contributed by atoms with E-state index in [2.05, 4.69) is 31.9 Å². The molecule has 4 atom stereocenters. The summed E-state index contributed by atoms with van der Waals surface area (Å²) in [5, 5.41) is 9.00. The third-order valence-electron chi connectivity index (χ3n) is 3.72. The van der Waals surface area contributed by atoms with Crippen LogP contribution in [0, 0.1) is 17.3 Å². The molecule has 112 valence electrons. The monoisotopic (exact) mass is 428 g/mol. The SMILES string of the molecule is CC1(C)C(CC(Br)CC(Cl)(Br)C(F)(F)F)C1C(=O)O. The van der Waals surface area contributed by atoms with Gasteiger partial charge in [-0.05, 0) is 24.2 Å². The van der Waals surface area contributed by atoms with Crippen LogP contribution in [0.5, 0.6) is 0 Å².